The summed E-state index contributed by atoms with van der Waals surface area (Å²) in [7, 11) is 1.82. The number of carbonyl (C=O) groups is 1. The molecule has 0 aliphatic heterocycles. The zero-order valence-electron chi connectivity index (χ0n) is 12.3. The fraction of sp³-hybridized carbons (Fsp3) is 0.929. The van der Waals surface area contributed by atoms with Gasteiger partial charge in [0.15, 0.2) is 0 Å². The average molecular weight is 270 g/mol. The van der Waals surface area contributed by atoms with Crippen molar-refractivity contribution >= 4 is 5.91 Å². The van der Waals surface area contributed by atoms with Crippen LogP contribution in [0.4, 0.5) is 0 Å². The van der Waals surface area contributed by atoms with Crippen molar-refractivity contribution in [3.05, 3.63) is 0 Å². The van der Waals surface area contributed by atoms with Crippen molar-refractivity contribution in [2.24, 2.45) is 11.1 Å². The molecule has 1 amide bonds. The summed E-state index contributed by atoms with van der Waals surface area (Å²) in [4.78, 5) is 14.2. The van der Waals surface area contributed by atoms with Gasteiger partial charge in [-0.1, -0.05) is 13.8 Å². The molecule has 2 aliphatic rings. The van der Waals surface area contributed by atoms with Crippen molar-refractivity contribution in [2.75, 3.05) is 13.7 Å². The number of hydrogen-bond donors (Lipinski definition) is 2. The van der Waals surface area contributed by atoms with E-state index in [-0.39, 0.29) is 23.5 Å². The van der Waals surface area contributed by atoms with Crippen LogP contribution in [-0.2, 0) is 9.53 Å². The molecule has 5 nitrogen and oxygen atoms in total. The largest absolute Gasteiger partial charge is 0.393 e. The highest BCUT2D eigenvalue weighted by molar-refractivity contribution is 5.87. The molecular weight excluding hydrogens is 244 g/mol. The molecule has 2 fully saturated rings. The van der Waals surface area contributed by atoms with E-state index in [9.17, 15) is 9.90 Å². The predicted molar refractivity (Wildman–Crippen MR) is 72.5 cm³/mol. The molecule has 0 radical (unpaired) electrons. The summed E-state index contributed by atoms with van der Waals surface area (Å²) in [6, 6.07) is 0.162. The number of ether oxygens (including phenoxy) is 1. The van der Waals surface area contributed by atoms with E-state index in [2.05, 4.69) is 13.8 Å². The molecule has 0 saturated heterocycles. The molecule has 0 aromatic rings. The lowest BCUT2D eigenvalue weighted by Gasteiger charge is -2.56. The van der Waals surface area contributed by atoms with Crippen LogP contribution >= 0.6 is 0 Å². The van der Waals surface area contributed by atoms with Crippen molar-refractivity contribution in [1.29, 1.82) is 0 Å². The Balaban J connectivity index is 1.98. The summed E-state index contributed by atoms with van der Waals surface area (Å²) < 4.78 is 5.69. The molecule has 2 aliphatic carbocycles. The molecule has 2 rings (SSSR count). The Morgan fingerprint density at radius 3 is 2.47 bits per heavy atom. The van der Waals surface area contributed by atoms with Crippen LogP contribution in [-0.4, -0.2) is 53.4 Å². The summed E-state index contributed by atoms with van der Waals surface area (Å²) in [6.45, 7) is 6.95. The lowest BCUT2D eigenvalue weighted by Crippen LogP contribution is -2.69. The first-order chi connectivity index (χ1) is 8.72. The highest BCUT2D eigenvalue weighted by Gasteiger charge is 2.55. The van der Waals surface area contributed by atoms with E-state index in [4.69, 9.17) is 10.5 Å². The summed E-state index contributed by atoms with van der Waals surface area (Å²) in [5.74, 6) is -0.0502. The lowest BCUT2D eigenvalue weighted by molar-refractivity contribution is -0.172. The van der Waals surface area contributed by atoms with Gasteiger partial charge in [0.1, 0.15) is 5.54 Å². The highest BCUT2D eigenvalue weighted by atomic mass is 16.5. The third-order valence-electron chi connectivity index (χ3n) is 4.91. The van der Waals surface area contributed by atoms with Gasteiger partial charge in [0.25, 0.3) is 0 Å². The second-order valence-corrected chi connectivity index (χ2v) is 6.65. The molecule has 0 bridgehead atoms. The Bertz CT molecular complexity index is 364. The van der Waals surface area contributed by atoms with Crippen LogP contribution in [0.15, 0.2) is 0 Å². The monoisotopic (exact) mass is 270 g/mol. The number of likely N-dealkylation sites (N-methyl/N-ethyl adjacent to an activating group) is 1. The van der Waals surface area contributed by atoms with Gasteiger partial charge in [0.05, 0.1) is 12.2 Å². The Morgan fingerprint density at radius 2 is 2.05 bits per heavy atom. The number of aliphatic hydroxyl groups is 1. The molecule has 19 heavy (non-hydrogen) atoms. The van der Waals surface area contributed by atoms with Gasteiger partial charge < -0.3 is 20.5 Å². The third-order valence-corrected chi connectivity index (χ3v) is 4.91. The summed E-state index contributed by atoms with van der Waals surface area (Å²) in [5.41, 5.74) is 5.15. The number of nitrogens with zero attached hydrogens (tertiary/aromatic N) is 1. The number of carbonyl (C=O) groups excluding carboxylic acids is 1. The van der Waals surface area contributed by atoms with Gasteiger partial charge >= 0.3 is 0 Å². The Labute approximate surface area is 115 Å². The van der Waals surface area contributed by atoms with E-state index in [0.717, 1.165) is 6.42 Å². The van der Waals surface area contributed by atoms with E-state index >= 15 is 0 Å². The second kappa shape index (κ2) is 4.72. The SMILES string of the molecule is CCOC1CC(N(C)C(=O)C2(N)CC(O)C2)C1(C)C. The van der Waals surface area contributed by atoms with Crippen molar-refractivity contribution in [2.45, 2.75) is 63.8 Å². The first kappa shape index (κ1) is 14.8. The molecule has 2 unspecified atom stereocenters. The van der Waals surface area contributed by atoms with Crippen LogP contribution in [0.1, 0.15) is 40.0 Å². The molecule has 0 spiro atoms. The lowest BCUT2D eigenvalue weighted by atomic mass is 9.63. The minimum Gasteiger partial charge on any atom is -0.393 e. The number of amides is 1. The van der Waals surface area contributed by atoms with E-state index < -0.39 is 11.6 Å². The Morgan fingerprint density at radius 1 is 1.47 bits per heavy atom. The van der Waals surface area contributed by atoms with E-state index in [0.29, 0.717) is 19.4 Å². The normalized spacial score (nSPS) is 40.2. The van der Waals surface area contributed by atoms with Crippen molar-refractivity contribution in [3.63, 3.8) is 0 Å². The zero-order chi connectivity index (χ0) is 14.4. The van der Waals surface area contributed by atoms with Crippen molar-refractivity contribution in [1.82, 2.24) is 4.90 Å². The van der Waals surface area contributed by atoms with Crippen LogP contribution in [0.3, 0.4) is 0 Å². The number of nitrogens with two attached hydrogens (primary N) is 1. The van der Waals surface area contributed by atoms with Crippen LogP contribution < -0.4 is 5.73 Å². The minimum absolute atomic E-state index is 0.0425. The van der Waals surface area contributed by atoms with E-state index in [1.54, 1.807) is 4.90 Å². The maximum Gasteiger partial charge on any atom is 0.242 e. The smallest absolute Gasteiger partial charge is 0.242 e. The molecule has 110 valence electrons. The minimum atomic E-state index is -0.860. The van der Waals surface area contributed by atoms with Crippen molar-refractivity contribution < 1.29 is 14.6 Å². The molecular formula is C14H26N2O3. The van der Waals surface area contributed by atoms with Gasteiger partial charge in [-0.15, -0.1) is 0 Å². The fourth-order valence-electron chi connectivity index (χ4n) is 3.45. The summed E-state index contributed by atoms with van der Waals surface area (Å²) >= 11 is 0. The predicted octanol–water partition coefficient (Wildman–Crippen LogP) is 0.501. The molecule has 3 N–H and O–H groups in total. The highest BCUT2D eigenvalue weighted by Crippen LogP contribution is 2.46. The van der Waals surface area contributed by atoms with Gasteiger partial charge in [-0.25, -0.2) is 0 Å². The van der Waals surface area contributed by atoms with E-state index in [1.807, 2.05) is 14.0 Å². The first-order valence-corrected chi connectivity index (χ1v) is 7.08. The Kier molecular flexibility index (Phi) is 3.66. The fourth-order valence-corrected chi connectivity index (χ4v) is 3.45. The van der Waals surface area contributed by atoms with Crippen LogP contribution in [0, 0.1) is 5.41 Å². The topological polar surface area (TPSA) is 75.8 Å². The quantitative estimate of drug-likeness (QED) is 0.780. The number of rotatable bonds is 4. The Hall–Kier alpha value is -0.650. The van der Waals surface area contributed by atoms with Gasteiger partial charge in [-0.3, -0.25) is 4.79 Å². The molecule has 0 heterocycles. The van der Waals surface area contributed by atoms with E-state index in [1.165, 1.54) is 0 Å². The first-order valence-electron chi connectivity index (χ1n) is 7.08. The van der Waals surface area contributed by atoms with Crippen molar-refractivity contribution in [3.8, 4) is 0 Å². The zero-order valence-corrected chi connectivity index (χ0v) is 12.3. The van der Waals surface area contributed by atoms with Crippen LogP contribution in [0.5, 0.6) is 0 Å². The summed E-state index contributed by atoms with van der Waals surface area (Å²) in [6.07, 6.45) is 1.39. The third kappa shape index (κ3) is 2.28. The van der Waals surface area contributed by atoms with Gasteiger partial charge in [-0.05, 0) is 13.3 Å². The van der Waals surface area contributed by atoms with Gasteiger partial charge in [0.2, 0.25) is 5.91 Å². The second-order valence-electron chi connectivity index (χ2n) is 6.65. The van der Waals surface area contributed by atoms with Crippen LogP contribution in [0.2, 0.25) is 0 Å². The van der Waals surface area contributed by atoms with Gasteiger partial charge in [0, 0.05) is 38.0 Å². The summed E-state index contributed by atoms with van der Waals surface area (Å²) in [5, 5.41) is 9.37. The molecule has 2 atom stereocenters. The van der Waals surface area contributed by atoms with Crippen LogP contribution in [0.25, 0.3) is 0 Å². The molecule has 5 heteroatoms. The number of aliphatic hydroxyl groups excluding tert-OH is 1. The maximum atomic E-state index is 12.4. The standard InChI is InChI=1S/C14H26N2O3/c1-5-19-11-6-10(13(11,2)3)16(4)12(18)14(15)7-9(17)8-14/h9-11,17H,5-8,15H2,1-4H3. The molecule has 2 saturated carbocycles. The maximum absolute atomic E-state index is 12.4. The van der Waals surface area contributed by atoms with Gasteiger partial charge in [-0.2, -0.15) is 0 Å². The molecule has 0 aromatic carbocycles. The average Bonchev–Trinajstić information content (AvgIpc) is 2.30. The number of hydrogen-bond acceptors (Lipinski definition) is 4. The molecule has 0 aromatic heterocycles.